The van der Waals surface area contributed by atoms with Crippen molar-refractivity contribution >= 4 is 11.7 Å². The summed E-state index contributed by atoms with van der Waals surface area (Å²) < 4.78 is 0. The van der Waals surface area contributed by atoms with Crippen molar-refractivity contribution in [2.24, 2.45) is 0 Å². The molecule has 6 heteroatoms. The van der Waals surface area contributed by atoms with Gasteiger partial charge in [-0.15, -0.1) is 0 Å². The number of carbonyl (C=O) groups excluding carboxylic acids is 1. The lowest BCUT2D eigenvalue weighted by Gasteiger charge is -2.11. The van der Waals surface area contributed by atoms with Crippen LogP contribution in [-0.4, -0.2) is 48.0 Å². The number of hydrogen-bond acceptors (Lipinski definition) is 5. The Morgan fingerprint density at radius 2 is 1.91 bits per heavy atom. The van der Waals surface area contributed by atoms with Gasteiger partial charge in [0, 0.05) is 25.7 Å². The molecule has 0 unspecified atom stereocenters. The molecule has 1 aromatic heterocycles. The fourth-order valence-corrected chi connectivity index (χ4v) is 1.96. The van der Waals surface area contributed by atoms with Crippen LogP contribution in [-0.2, 0) is 6.54 Å². The molecule has 0 aliphatic heterocycles. The summed E-state index contributed by atoms with van der Waals surface area (Å²) in [5, 5.41) is 6.05. The molecule has 0 saturated carbocycles. The first-order chi connectivity index (χ1) is 11.0. The highest BCUT2D eigenvalue weighted by atomic mass is 16.1. The molecule has 0 aliphatic rings. The van der Waals surface area contributed by atoms with E-state index in [1.165, 1.54) is 11.9 Å². The smallest absolute Gasteiger partial charge is 0.270 e. The molecule has 1 heterocycles. The third kappa shape index (κ3) is 5.67. The Morgan fingerprint density at radius 1 is 1.17 bits per heavy atom. The lowest BCUT2D eigenvalue weighted by Crippen LogP contribution is -2.24. The van der Waals surface area contributed by atoms with Crippen LogP contribution in [0.5, 0.6) is 0 Å². The SMILES string of the molecule is Cc1ccc(CNC(=O)c2cc(NCCN(C)C)ncn2)cc1. The number of nitrogens with one attached hydrogen (secondary N) is 2. The molecular formula is C17H23N5O. The summed E-state index contributed by atoms with van der Waals surface area (Å²) in [5.41, 5.74) is 2.62. The van der Waals surface area contributed by atoms with Gasteiger partial charge in [0.15, 0.2) is 0 Å². The Bertz CT molecular complexity index is 640. The summed E-state index contributed by atoms with van der Waals surface area (Å²) in [6.07, 6.45) is 1.40. The van der Waals surface area contributed by atoms with Gasteiger partial charge in [-0.1, -0.05) is 29.8 Å². The van der Waals surface area contributed by atoms with Gasteiger partial charge in [-0.05, 0) is 26.6 Å². The van der Waals surface area contributed by atoms with E-state index in [1.54, 1.807) is 6.07 Å². The largest absolute Gasteiger partial charge is 0.369 e. The molecule has 1 amide bonds. The minimum Gasteiger partial charge on any atom is -0.369 e. The monoisotopic (exact) mass is 313 g/mol. The van der Waals surface area contributed by atoms with Gasteiger partial charge in [0.05, 0.1) is 0 Å². The fourth-order valence-electron chi connectivity index (χ4n) is 1.96. The van der Waals surface area contributed by atoms with Gasteiger partial charge in [-0.3, -0.25) is 4.79 Å². The van der Waals surface area contributed by atoms with E-state index in [0.717, 1.165) is 18.7 Å². The number of hydrogen-bond donors (Lipinski definition) is 2. The Hall–Kier alpha value is -2.47. The van der Waals surface area contributed by atoms with Crippen LogP contribution < -0.4 is 10.6 Å². The van der Waals surface area contributed by atoms with Crippen molar-refractivity contribution < 1.29 is 4.79 Å². The first-order valence-electron chi connectivity index (χ1n) is 7.59. The molecule has 0 spiro atoms. The maximum atomic E-state index is 12.2. The summed E-state index contributed by atoms with van der Waals surface area (Å²) in [4.78, 5) is 22.4. The predicted octanol–water partition coefficient (Wildman–Crippen LogP) is 1.69. The molecule has 0 saturated heterocycles. The van der Waals surface area contributed by atoms with E-state index in [1.807, 2.05) is 45.3 Å². The Kier molecular flexibility index (Phi) is 6.05. The zero-order valence-corrected chi connectivity index (χ0v) is 13.8. The van der Waals surface area contributed by atoms with Crippen LogP contribution in [0.2, 0.25) is 0 Å². The molecular weight excluding hydrogens is 290 g/mol. The van der Waals surface area contributed by atoms with Crippen molar-refractivity contribution in [1.29, 1.82) is 0 Å². The van der Waals surface area contributed by atoms with Crippen LogP contribution in [0, 0.1) is 6.92 Å². The van der Waals surface area contributed by atoms with Gasteiger partial charge in [0.2, 0.25) is 0 Å². The standard InChI is InChI=1S/C17H23N5O/c1-13-4-6-14(7-5-13)11-19-17(23)15-10-16(21-12-20-15)18-8-9-22(2)3/h4-7,10,12H,8-9,11H2,1-3H3,(H,19,23)(H,18,20,21). The highest BCUT2D eigenvalue weighted by Gasteiger charge is 2.08. The molecule has 1 aromatic carbocycles. The molecule has 0 bridgehead atoms. The van der Waals surface area contributed by atoms with E-state index in [9.17, 15) is 4.79 Å². The van der Waals surface area contributed by atoms with Crippen LogP contribution in [0.4, 0.5) is 5.82 Å². The maximum Gasteiger partial charge on any atom is 0.270 e. The Balaban J connectivity index is 1.90. The second-order valence-corrected chi connectivity index (χ2v) is 5.69. The van der Waals surface area contributed by atoms with E-state index >= 15 is 0 Å². The summed E-state index contributed by atoms with van der Waals surface area (Å²) in [6, 6.07) is 9.73. The van der Waals surface area contributed by atoms with E-state index in [2.05, 4.69) is 25.5 Å². The van der Waals surface area contributed by atoms with E-state index in [4.69, 9.17) is 0 Å². The maximum absolute atomic E-state index is 12.2. The number of anilines is 1. The molecule has 2 rings (SSSR count). The van der Waals surface area contributed by atoms with E-state index < -0.39 is 0 Å². The number of carbonyl (C=O) groups is 1. The quantitative estimate of drug-likeness (QED) is 0.814. The second kappa shape index (κ2) is 8.24. The number of amides is 1. The number of aryl methyl sites for hydroxylation is 1. The Labute approximate surface area is 137 Å². The van der Waals surface area contributed by atoms with Crippen molar-refractivity contribution in [3.63, 3.8) is 0 Å². The summed E-state index contributed by atoms with van der Waals surface area (Å²) in [6.45, 7) is 4.16. The van der Waals surface area contributed by atoms with Crippen molar-refractivity contribution in [2.45, 2.75) is 13.5 Å². The number of aromatic nitrogens is 2. The molecule has 2 N–H and O–H groups in total. The number of rotatable bonds is 7. The van der Waals surface area contributed by atoms with Crippen LogP contribution in [0.3, 0.4) is 0 Å². The highest BCUT2D eigenvalue weighted by molar-refractivity contribution is 5.92. The number of benzene rings is 1. The number of nitrogens with zero attached hydrogens (tertiary/aromatic N) is 3. The normalized spacial score (nSPS) is 10.6. The zero-order chi connectivity index (χ0) is 16.7. The molecule has 23 heavy (non-hydrogen) atoms. The highest BCUT2D eigenvalue weighted by Crippen LogP contribution is 2.05. The molecule has 2 aromatic rings. The fraction of sp³-hybridized carbons (Fsp3) is 0.353. The van der Waals surface area contributed by atoms with Crippen LogP contribution in [0.15, 0.2) is 36.7 Å². The average molecular weight is 313 g/mol. The summed E-state index contributed by atoms with van der Waals surface area (Å²) in [7, 11) is 4.01. The summed E-state index contributed by atoms with van der Waals surface area (Å²) in [5.74, 6) is 0.450. The molecule has 6 nitrogen and oxygen atoms in total. The Morgan fingerprint density at radius 3 is 2.61 bits per heavy atom. The van der Waals surface area contributed by atoms with Gasteiger partial charge in [-0.2, -0.15) is 0 Å². The average Bonchev–Trinajstić information content (AvgIpc) is 2.54. The van der Waals surface area contributed by atoms with E-state index in [0.29, 0.717) is 18.1 Å². The van der Waals surface area contributed by atoms with Crippen LogP contribution in [0.25, 0.3) is 0 Å². The third-order valence-corrected chi connectivity index (χ3v) is 3.34. The van der Waals surface area contributed by atoms with Gasteiger partial charge in [0.25, 0.3) is 5.91 Å². The van der Waals surface area contributed by atoms with Gasteiger partial charge < -0.3 is 15.5 Å². The minimum absolute atomic E-state index is 0.205. The molecule has 0 atom stereocenters. The lowest BCUT2D eigenvalue weighted by molar-refractivity contribution is 0.0946. The molecule has 0 aliphatic carbocycles. The minimum atomic E-state index is -0.205. The van der Waals surface area contributed by atoms with Crippen molar-refractivity contribution in [1.82, 2.24) is 20.2 Å². The van der Waals surface area contributed by atoms with Gasteiger partial charge in [0.1, 0.15) is 17.8 Å². The third-order valence-electron chi connectivity index (χ3n) is 3.34. The van der Waals surface area contributed by atoms with Crippen molar-refractivity contribution in [3.05, 3.63) is 53.5 Å². The van der Waals surface area contributed by atoms with Crippen molar-refractivity contribution in [2.75, 3.05) is 32.5 Å². The molecule has 122 valence electrons. The molecule has 0 fully saturated rings. The van der Waals surface area contributed by atoms with E-state index in [-0.39, 0.29) is 5.91 Å². The topological polar surface area (TPSA) is 70.2 Å². The van der Waals surface area contributed by atoms with Crippen LogP contribution >= 0.6 is 0 Å². The van der Waals surface area contributed by atoms with Gasteiger partial charge >= 0.3 is 0 Å². The van der Waals surface area contributed by atoms with Gasteiger partial charge in [-0.25, -0.2) is 9.97 Å². The second-order valence-electron chi connectivity index (χ2n) is 5.69. The van der Waals surface area contributed by atoms with Crippen LogP contribution in [0.1, 0.15) is 21.6 Å². The first kappa shape index (κ1) is 16.9. The van der Waals surface area contributed by atoms with Crippen molar-refractivity contribution in [3.8, 4) is 0 Å². The zero-order valence-electron chi connectivity index (χ0n) is 13.8. The molecule has 0 radical (unpaired) electrons. The first-order valence-corrected chi connectivity index (χ1v) is 7.59. The predicted molar refractivity (Wildman–Crippen MR) is 91.4 cm³/mol. The summed E-state index contributed by atoms with van der Waals surface area (Å²) >= 11 is 0. The lowest BCUT2D eigenvalue weighted by atomic mass is 10.1. The number of likely N-dealkylation sites (N-methyl/N-ethyl adjacent to an activating group) is 1.